The molecule has 0 bridgehead atoms. The van der Waals surface area contributed by atoms with E-state index in [1.165, 1.54) is 34.9 Å². The van der Waals surface area contributed by atoms with Gasteiger partial charge in [0.1, 0.15) is 6.54 Å². The lowest BCUT2D eigenvalue weighted by Crippen LogP contribution is -2.38. The molecule has 172 valence electrons. The molecule has 1 aliphatic heterocycles. The van der Waals surface area contributed by atoms with E-state index in [1.54, 1.807) is 19.1 Å². The number of benzene rings is 2. The van der Waals surface area contributed by atoms with Crippen molar-refractivity contribution in [2.75, 3.05) is 30.8 Å². The number of ether oxygens (including phenoxy) is 1. The summed E-state index contributed by atoms with van der Waals surface area (Å²) in [6.07, 6.45) is -2.42. The zero-order valence-electron chi connectivity index (χ0n) is 17.7. The average molecular weight is 467 g/mol. The second kappa shape index (κ2) is 10.9. The number of hydrogen-bond acceptors (Lipinski definition) is 4. The summed E-state index contributed by atoms with van der Waals surface area (Å²) in [7, 11) is 0. The smallest absolute Gasteiger partial charge is 0.377 e. The second-order valence-electron chi connectivity index (χ2n) is 7.35. The van der Waals surface area contributed by atoms with Crippen LogP contribution in [0.5, 0.6) is 0 Å². The highest BCUT2D eigenvalue weighted by molar-refractivity contribution is 7.99. The van der Waals surface area contributed by atoms with Crippen LogP contribution in [-0.2, 0) is 15.7 Å². The van der Waals surface area contributed by atoms with Crippen LogP contribution in [0, 0.1) is 0 Å². The molecule has 0 aromatic heterocycles. The Kier molecular flexibility index (Phi) is 8.20. The molecule has 0 spiro atoms. The van der Waals surface area contributed by atoms with Gasteiger partial charge in [-0.25, -0.2) is 0 Å². The largest absolute Gasteiger partial charge is 0.418 e. The molecule has 9 heteroatoms. The number of hydrogen-bond donors (Lipinski definition) is 1. The number of anilines is 1. The van der Waals surface area contributed by atoms with Crippen LogP contribution in [0.25, 0.3) is 0 Å². The molecule has 2 aromatic rings. The van der Waals surface area contributed by atoms with Gasteiger partial charge in [-0.3, -0.25) is 9.59 Å². The maximum atomic E-state index is 13.2. The van der Waals surface area contributed by atoms with E-state index in [0.717, 1.165) is 36.2 Å². The molecule has 1 fully saturated rings. The highest BCUT2D eigenvalue weighted by Crippen LogP contribution is 2.34. The SMILES string of the molecule is CCN(CC(=O)Nc1ccccc1C(F)(F)F)C(=O)c1ccccc1SCC1CCCO1. The molecule has 2 amide bonds. The Morgan fingerprint density at radius 2 is 1.88 bits per heavy atom. The van der Waals surface area contributed by atoms with Crippen molar-refractivity contribution in [1.82, 2.24) is 4.90 Å². The van der Waals surface area contributed by atoms with E-state index in [9.17, 15) is 22.8 Å². The molecule has 0 saturated carbocycles. The van der Waals surface area contributed by atoms with Crippen LogP contribution in [0.2, 0.25) is 0 Å². The number of nitrogens with one attached hydrogen (secondary N) is 1. The van der Waals surface area contributed by atoms with E-state index in [1.807, 2.05) is 12.1 Å². The van der Waals surface area contributed by atoms with Crippen molar-refractivity contribution in [2.24, 2.45) is 0 Å². The highest BCUT2D eigenvalue weighted by Gasteiger charge is 2.33. The van der Waals surface area contributed by atoms with Crippen LogP contribution < -0.4 is 5.32 Å². The Morgan fingerprint density at radius 1 is 1.16 bits per heavy atom. The standard InChI is InChI=1S/C23H25F3N2O3S/c1-2-28(14-21(29)27-19-11-5-4-10-18(19)23(24,25)26)22(30)17-9-3-6-12-20(17)32-15-16-8-7-13-31-16/h3-6,9-12,16H,2,7-8,13-15H2,1H3,(H,27,29). The summed E-state index contributed by atoms with van der Waals surface area (Å²) in [5, 5.41) is 2.29. The van der Waals surface area contributed by atoms with Crippen molar-refractivity contribution in [3.63, 3.8) is 0 Å². The third-order valence-corrected chi connectivity index (χ3v) is 6.28. The van der Waals surface area contributed by atoms with Crippen LogP contribution in [0.1, 0.15) is 35.7 Å². The number of para-hydroxylation sites is 1. The molecule has 1 aliphatic rings. The first-order valence-electron chi connectivity index (χ1n) is 10.4. The van der Waals surface area contributed by atoms with Gasteiger partial charge in [-0.1, -0.05) is 24.3 Å². The Bertz CT molecular complexity index is 946. The number of carbonyl (C=O) groups is 2. The lowest BCUT2D eigenvalue weighted by Gasteiger charge is -2.22. The van der Waals surface area contributed by atoms with Crippen molar-refractivity contribution < 1.29 is 27.5 Å². The van der Waals surface area contributed by atoms with Gasteiger partial charge in [-0.15, -0.1) is 11.8 Å². The molecule has 1 atom stereocenters. The first kappa shape index (κ1) is 24.1. The first-order valence-corrected chi connectivity index (χ1v) is 11.4. The predicted molar refractivity (Wildman–Crippen MR) is 118 cm³/mol. The Morgan fingerprint density at radius 3 is 2.56 bits per heavy atom. The zero-order valence-corrected chi connectivity index (χ0v) is 18.5. The number of nitrogens with zero attached hydrogens (tertiary/aromatic N) is 1. The third-order valence-electron chi connectivity index (χ3n) is 5.08. The van der Waals surface area contributed by atoms with Gasteiger partial charge in [0.2, 0.25) is 5.91 Å². The fraction of sp³-hybridized carbons (Fsp3) is 0.391. The van der Waals surface area contributed by atoms with Crippen LogP contribution >= 0.6 is 11.8 Å². The molecule has 2 aromatic carbocycles. The quantitative estimate of drug-likeness (QED) is 0.552. The van der Waals surface area contributed by atoms with Crippen molar-refractivity contribution >= 4 is 29.3 Å². The van der Waals surface area contributed by atoms with E-state index in [4.69, 9.17) is 4.74 Å². The third kappa shape index (κ3) is 6.26. The summed E-state index contributed by atoms with van der Waals surface area (Å²) in [5.41, 5.74) is -0.805. The highest BCUT2D eigenvalue weighted by atomic mass is 32.2. The normalized spacial score (nSPS) is 16.1. The molecule has 1 unspecified atom stereocenters. The van der Waals surface area contributed by atoms with Crippen LogP contribution in [0.3, 0.4) is 0 Å². The van der Waals surface area contributed by atoms with E-state index in [-0.39, 0.29) is 30.8 Å². The van der Waals surface area contributed by atoms with Gasteiger partial charge in [0.15, 0.2) is 0 Å². The van der Waals surface area contributed by atoms with Crippen LogP contribution in [-0.4, -0.2) is 48.3 Å². The summed E-state index contributed by atoms with van der Waals surface area (Å²) in [6.45, 7) is 2.35. The summed E-state index contributed by atoms with van der Waals surface area (Å²) in [5.74, 6) is -0.311. The first-order chi connectivity index (χ1) is 15.3. The molecule has 1 N–H and O–H groups in total. The minimum atomic E-state index is -4.59. The average Bonchev–Trinajstić information content (AvgIpc) is 3.29. The van der Waals surface area contributed by atoms with E-state index < -0.39 is 17.6 Å². The molecular weight excluding hydrogens is 441 g/mol. The Hall–Kier alpha value is -2.52. The molecule has 0 aliphatic carbocycles. The fourth-order valence-electron chi connectivity index (χ4n) is 3.43. The lowest BCUT2D eigenvalue weighted by molar-refractivity contribution is -0.137. The van der Waals surface area contributed by atoms with Crippen molar-refractivity contribution in [2.45, 2.75) is 36.9 Å². The van der Waals surface area contributed by atoms with Crippen LogP contribution in [0.15, 0.2) is 53.4 Å². The molecule has 3 rings (SSSR count). The Balaban J connectivity index is 1.68. The Labute approximate surface area is 189 Å². The minimum Gasteiger partial charge on any atom is -0.377 e. The van der Waals surface area contributed by atoms with E-state index >= 15 is 0 Å². The summed E-state index contributed by atoms with van der Waals surface area (Å²) >= 11 is 1.53. The van der Waals surface area contributed by atoms with Gasteiger partial charge in [0.05, 0.1) is 22.9 Å². The summed E-state index contributed by atoms with van der Waals surface area (Å²) in [6, 6.07) is 11.9. The summed E-state index contributed by atoms with van der Waals surface area (Å²) < 4.78 is 45.2. The number of likely N-dealkylation sites (N-methyl/N-ethyl adjacent to an activating group) is 1. The molecule has 0 radical (unpaired) electrons. The maximum Gasteiger partial charge on any atom is 0.418 e. The van der Waals surface area contributed by atoms with Gasteiger partial charge in [-0.05, 0) is 44.0 Å². The summed E-state index contributed by atoms with van der Waals surface area (Å²) in [4.78, 5) is 27.7. The second-order valence-corrected chi connectivity index (χ2v) is 8.41. The zero-order chi connectivity index (χ0) is 23.1. The van der Waals surface area contributed by atoms with Crippen LogP contribution in [0.4, 0.5) is 18.9 Å². The molecule has 5 nitrogen and oxygen atoms in total. The molecular formula is C23H25F3N2O3S. The van der Waals surface area contributed by atoms with Gasteiger partial charge in [0.25, 0.3) is 5.91 Å². The van der Waals surface area contributed by atoms with Crippen molar-refractivity contribution in [1.29, 1.82) is 0 Å². The molecule has 32 heavy (non-hydrogen) atoms. The minimum absolute atomic E-state index is 0.157. The number of halogens is 3. The van der Waals surface area contributed by atoms with Crippen molar-refractivity contribution in [3.05, 3.63) is 59.7 Å². The topological polar surface area (TPSA) is 58.6 Å². The number of amides is 2. The fourth-order valence-corrected chi connectivity index (χ4v) is 4.54. The number of carbonyl (C=O) groups excluding carboxylic acids is 2. The maximum absolute atomic E-state index is 13.2. The lowest BCUT2D eigenvalue weighted by atomic mass is 10.1. The monoisotopic (exact) mass is 466 g/mol. The predicted octanol–water partition coefficient (Wildman–Crippen LogP) is 5.08. The van der Waals surface area contributed by atoms with Crippen molar-refractivity contribution in [3.8, 4) is 0 Å². The van der Waals surface area contributed by atoms with Gasteiger partial charge < -0.3 is 15.0 Å². The van der Waals surface area contributed by atoms with Gasteiger partial charge >= 0.3 is 6.18 Å². The van der Waals surface area contributed by atoms with E-state index in [2.05, 4.69) is 5.32 Å². The van der Waals surface area contributed by atoms with E-state index in [0.29, 0.717) is 5.56 Å². The number of thioether (sulfide) groups is 1. The molecule has 1 heterocycles. The van der Waals surface area contributed by atoms with Gasteiger partial charge in [-0.2, -0.15) is 13.2 Å². The number of alkyl halides is 3. The molecule has 1 saturated heterocycles. The number of rotatable bonds is 8. The van der Waals surface area contributed by atoms with Gasteiger partial charge in [0, 0.05) is 23.8 Å².